The lowest BCUT2D eigenvalue weighted by Crippen LogP contribution is -2.58. The van der Waals surface area contributed by atoms with Crippen molar-refractivity contribution in [2.24, 2.45) is 10.7 Å². The van der Waals surface area contributed by atoms with E-state index in [1.54, 1.807) is 6.07 Å². The minimum atomic E-state index is -0.447. The van der Waals surface area contributed by atoms with E-state index in [9.17, 15) is 4.79 Å². The van der Waals surface area contributed by atoms with Crippen molar-refractivity contribution in [3.8, 4) is 0 Å². The van der Waals surface area contributed by atoms with E-state index < -0.39 is 5.91 Å². The lowest BCUT2D eigenvalue weighted by Gasteiger charge is -2.43. The van der Waals surface area contributed by atoms with Crippen LogP contribution in [0.15, 0.2) is 41.4 Å². The molecule has 2 heterocycles. The van der Waals surface area contributed by atoms with Gasteiger partial charge < -0.3 is 27.0 Å². The standard InChI is InChI=1S/C21H24Cl2N6O/c22-14-3-1-2-13(8-14)11-27-20-21(4-6-25-7-5-21)29-18-10-16(26-12-19(24)30)15(23)9-17(18)28-20/h1-3,8-10,25-26,29H,4-7,11-12H2,(H2,24,30)(H,27,28). The summed E-state index contributed by atoms with van der Waals surface area (Å²) >= 11 is 12.5. The molecule has 0 aromatic heterocycles. The Kier molecular flexibility index (Phi) is 6.04. The monoisotopic (exact) mass is 446 g/mol. The molecule has 1 saturated heterocycles. The first kappa shape index (κ1) is 20.8. The number of rotatable bonds is 5. The van der Waals surface area contributed by atoms with E-state index in [4.69, 9.17) is 33.9 Å². The molecule has 158 valence electrons. The van der Waals surface area contributed by atoms with Crippen LogP contribution in [0, 0.1) is 0 Å². The molecule has 2 aliphatic heterocycles. The van der Waals surface area contributed by atoms with Gasteiger partial charge in [-0.1, -0.05) is 35.3 Å². The molecule has 1 spiro atoms. The van der Waals surface area contributed by atoms with Crippen LogP contribution in [0.4, 0.5) is 17.1 Å². The number of piperidine rings is 1. The molecular weight excluding hydrogens is 423 g/mol. The second-order valence-electron chi connectivity index (χ2n) is 7.57. The first-order valence-electron chi connectivity index (χ1n) is 9.87. The van der Waals surface area contributed by atoms with E-state index in [2.05, 4.69) is 21.3 Å². The van der Waals surface area contributed by atoms with Gasteiger partial charge in [-0.3, -0.25) is 4.79 Å². The average Bonchev–Trinajstić information content (AvgIpc) is 2.72. The molecule has 9 heteroatoms. The van der Waals surface area contributed by atoms with Crippen molar-refractivity contribution in [3.63, 3.8) is 0 Å². The van der Waals surface area contributed by atoms with E-state index in [1.165, 1.54) is 0 Å². The van der Waals surface area contributed by atoms with Gasteiger partial charge in [0.15, 0.2) is 0 Å². The van der Waals surface area contributed by atoms with Gasteiger partial charge in [0.05, 0.1) is 34.2 Å². The second-order valence-corrected chi connectivity index (χ2v) is 8.41. The lowest BCUT2D eigenvalue weighted by molar-refractivity contribution is -0.116. The number of primary amides is 1. The summed E-state index contributed by atoms with van der Waals surface area (Å²) in [5, 5.41) is 14.8. The topological polar surface area (TPSA) is 104 Å². The van der Waals surface area contributed by atoms with Crippen LogP contribution < -0.4 is 27.0 Å². The van der Waals surface area contributed by atoms with Gasteiger partial charge in [0.25, 0.3) is 0 Å². The van der Waals surface area contributed by atoms with Crippen LogP contribution in [-0.4, -0.2) is 36.9 Å². The van der Waals surface area contributed by atoms with Crippen molar-refractivity contribution in [2.75, 3.05) is 30.3 Å². The number of anilines is 2. The number of hydrogen-bond acceptors (Lipinski definition) is 6. The predicted octanol–water partition coefficient (Wildman–Crippen LogP) is 3.26. The lowest BCUT2D eigenvalue weighted by atomic mass is 9.85. The van der Waals surface area contributed by atoms with Gasteiger partial charge in [-0.2, -0.15) is 0 Å². The molecule has 0 aliphatic carbocycles. The SMILES string of the molecule is NC(=O)CNc1cc2c(cc1Cl)N=C(NCc1cccc(Cl)c1)C1(CCNCC1)N2. The third-order valence-electron chi connectivity index (χ3n) is 5.40. The molecule has 0 radical (unpaired) electrons. The number of amidine groups is 1. The molecule has 0 saturated carbocycles. The number of hydrogen-bond donors (Lipinski definition) is 5. The molecule has 0 unspecified atom stereocenters. The Morgan fingerprint density at radius 1 is 1.17 bits per heavy atom. The Morgan fingerprint density at radius 2 is 1.97 bits per heavy atom. The summed E-state index contributed by atoms with van der Waals surface area (Å²) in [6.45, 7) is 2.42. The number of carbonyl (C=O) groups excluding carboxylic acids is 1. The van der Waals surface area contributed by atoms with Crippen LogP contribution in [0.25, 0.3) is 0 Å². The maximum absolute atomic E-state index is 11.1. The third kappa shape index (κ3) is 4.48. The van der Waals surface area contributed by atoms with Crippen LogP contribution in [0.3, 0.4) is 0 Å². The van der Waals surface area contributed by atoms with Crippen molar-refractivity contribution < 1.29 is 4.79 Å². The molecule has 4 rings (SSSR count). The fourth-order valence-corrected chi connectivity index (χ4v) is 4.31. The smallest absolute Gasteiger partial charge is 0.236 e. The number of halogens is 2. The quantitative estimate of drug-likeness (QED) is 0.484. The van der Waals surface area contributed by atoms with Crippen molar-refractivity contribution in [3.05, 3.63) is 52.0 Å². The largest absolute Gasteiger partial charge is 0.375 e. The Morgan fingerprint density at radius 3 is 2.70 bits per heavy atom. The zero-order chi connectivity index (χ0) is 21.1. The van der Waals surface area contributed by atoms with Gasteiger partial charge in [-0.05, 0) is 55.8 Å². The van der Waals surface area contributed by atoms with Gasteiger partial charge in [0, 0.05) is 11.6 Å². The second kappa shape index (κ2) is 8.71. The zero-order valence-electron chi connectivity index (χ0n) is 16.4. The van der Waals surface area contributed by atoms with Gasteiger partial charge in [-0.25, -0.2) is 4.99 Å². The molecule has 0 bridgehead atoms. The van der Waals surface area contributed by atoms with Gasteiger partial charge in [-0.15, -0.1) is 0 Å². The van der Waals surface area contributed by atoms with Crippen LogP contribution in [0.5, 0.6) is 0 Å². The minimum absolute atomic E-state index is 0.0171. The minimum Gasteiger partial charge on any atom is -0.375 e. The van der Waals surface area contributed by atoms with Gasteiger partial charge in [0.1, 0.15) is 5.84 Å². The normalized spacial score (nSPS) is 16.9. The molecule has 7 nitrogen and oxygen atoms in total. The highest BCUT2D eigenvalue weighted by Gasteiger charge is 2.40. The van der Waals surface area contributed by atoms with Gasteiger partial charge in [0.2, 0.25) is 5.91 Å². The number of benzene rings is 2. The molecular formula is C21H24Cl2N6O. The summed E-state index contributed by atoms with van der Waals surface area (Å²) in [5.74, 6) is 0.447. The van der Waals surface area contributed by atoms with Crippen molar-refractivity contribution in [1.82, 2.24) is 10.6 Å². The number of nitrogens with one attached hydrogen (secondary N) is 4. The number of aliphatic imine (C=N–C) groups is 1. The number of nitrogens with zero attached hydrogens (tertiary/aromatic N) is 1. The summed E-state index contributed by atoms with van der Waals surface area (Å²) < 4.78 is 0. The zero-order valence-corrected chi connectivity index (χ0v) is 17.9. The Balaban J connectivity index is 1.64. The molecule has 6 N–H and O–H groups in total. The maximum Gasteiger partial charge on any atom is 0.236 e. The van der Waals surface area contributed by atoms with E-state index in [0.29, 0.717) is 22.3 Å². The predicted molar refractivity (Wildman–Crippen MR) is 123 cm³/mol. The fourth-order valence-electron chi connectivity index (χ4n) is 3.87. The molecule has 2 aromatic rings. The van der Waals surface area contributed by atoms with Crippen LogP contribution in [0.2, 0.25) is 10.0 Å². The molecule has 0 atom stereocenters. The summed E-state index contributed by atoms with van der Waals surface area (Å²) in [6, 6.07) is 11.5. The van der Waals surface area contributed by atoms with Crippen LogP contribution in [-0.2, 0) is 11.3 Å². The molecule has 1 amide bonds. The first-order valence-corrected chi connectivity index (χ1v) is 10.6. The highest BCUT2D eigenvalue weighted by Crippen LogP contribution is 2.41. The third-order valence-corrected chi connectivity index (χ3v) is 5.95. The average molecular weight is 447 g/mol. The van der Waals surface area contributed by atoms with E-state index in [-0.39, 0.29) is 12.1 Å². The number of amides is 1. The van der Waals surface area contributed by atoms with E-state index in [1.807, 2.05) is 30.3 Å². The number of carbonyl (C=O) groups is 1. The molecule has 2 aromatic carbocycles. The highest BCUT2D eigenvalue weighted by molar-refractivity contribution is 6.34. The Hall–Kier alpha value is -2.48. The van der Waals surface area contributed by atoms with Crippen molar-refractivity contribution in [1.29, 1.82) is 0 Å². The van der Waals surface area contributed by atoms with E-state index >= 15 is 0 Å². The summed E-state index contributed by atoms with van der Waals surface area (Å²) in [5.41, 5.74) is 8.31. The summed E-state index contributed by atoms with van der Waals surface area (Å²) in [7, 11) is 0. The molecule has 1 fully saturated rings. The van der Waals surface area contributed by atoms with Gasteiger partial charge >= 0.3 is 0 Å². The summed E-state index contributed by atoms with van der Waals surface area (Å²) in [4.78, 5) is 16.1. The molecule has 30 heavy (non-hydrogen) atoms. The first-order chi connectivity index (χ1) is 14.4. The summed E-state index contributed by atoms with van der Waals surface area (Å²) in [6.07, 6.45) is 1.78. The highest BCUT2D eigenvalue weighted by atomic mass is 35.5. The Labute approximate surface area is 185 Å². The van der Waals surface area contributed by atoms with Crippen molar-refractivity contribution in [2.45, 2.75) is 24.9 Å². The molecule has 2 aliphatic rings. The van der Waals surface area contributed by atoms with Crippen LogP contribution >= 0.6 is 23.2 Å². The number of nitrogens with two attached hydrogens (primary N) is 1. The Bertz CT molecular complexity index is 987. The van der Waals surface area contributed by atoms with E-state index in [0.717, 1.165) is 48.7 Å². The number of fused-ring (bicyclic) bond motifs is 1. The maximum atomic E-state index is 11.1. The fraction of sp³-hybridized carbons (Fsp3) is 0.333. The van der Waals surface area contributed by atoms with Crippen LogP contribution in [0.1, 0.15) is 18.4 Å². The van der Waals surface area contributed by atoms with Crippen molar-refractivity contribution >= 4 is 52.0 Å².